The molecular weight excluding hydrogens is 398 g/mol. The summed E-state index contributed by atoms with van der Waals surface area (Å²) >= 11 is 0. The molecule has 0 aliphatic heterocycles. The fourth-order valence-electron chi connectivity index (χ4n) is 3.61. The maximum atomic E-state index is 5.88. The lowest BCUT2D eigenvalue weighted by atomic mass is 10.1. The second-order valence-electron chi connectivity index (χ2n) is 7.72. The first-order valence-electron chi connectivity index (χ1n) is 10.8. The molecule has 6 heteroatoms. The summed E-state index contributed by atoms with van der Waals surface area (Å²) in [6.45, 7) is 4.02. The third kappa shape index (κ3) is 5.66. The molecule has 6 nitrogen and oxygen atoms in total. The van der Waals surface area contributed by atoms with Gasteiger partial charge in [-0.15, -0.1) is 0 Å². The minimum absolute atomic E-state index is 0.453. The third-order valence-electron chi connectivity index (χ3n) is 5.30. The number of hydrogen-bond acceptors (Lipinski definition) is 3. The molecule has 0 saturated carbocycles. The summed E-state index contributed by atoms with van der Waals surface area (Å²) in [6, 6.07) is 20.4. The number of aromatic nitrogens is 2. The van der Waals surface area contributed by atoms with Crippen LogP contribution in [-0.4, -0.2) is 29.5 Å². The number of aryl methyl sites for hydroxylation is 1. The van der Waals surface area contributed by atoms with Gasteiger partial charge in [0.15, 0.2) is 5.96 Å². The number of benzene rings is 2. The highest BCUT2D eigenvalue weighted by Crippen LogP contribution is 2.19. The predicted molar refractivity (Wildman–Crippen MR) is 130 cm³/mol. The molecule has 2 aromatic heterocycles. The molecular formula is C26H29N5O. The van der Waals surface area contributed by atoms with Gasteiger partial charge in [-0.05, 0) is 60.4 Å². The van der Waals surface area contributed by atoms with Crippen LogP contribution in [0.15, 0.2) is 78.0 Å². The zero-order valence-corrected chi connectivity index (χ0v) is 18.6. The Kier molecular flexibility index (Phi) is 7.02. The number of rotatable bonds is 8. The van der Waals surface area contributed by atoms with Crippen LogP contribution < -0.4 is 15.4 Å². The van der Waals surface area contributed by atoms with E-state index in [0.29, 0.717) is 13.2 Å². The molecule has 0 aliphatic carbocycles. The number of guanidine groups is 1. The minimum atomic E-state index is 0.453. The van der Waals surface area contributed by atoms with Gasteiger partial charge in [0.2, 0.25) is 0 Å². The summed E-state index contributed by atoms with van der Waals surface area (Å²) in [7, 11) is 1.79. The van der Waals surface area contributed by atoms with Crippen molar-refractivity contribution in [2.75, 3.05) is 13.6 Å². The molecule has 0 saturated heterocycles. The Balaban J connectivity index is 1.26. The number of nitrogens with one attached hydrogen (secondary N) is 3. The van der Waals surface area contributed by atoms with Gasteiger partial charge in [0.1, 0.15) is 12.4 Å². The van der Waals surface area contributed by atoms with Gasteiger partial charge >= 0.3 is 0 Å². The van der Waals surface area contributed by atoms with Crippen molar-refractivity contribution in [2.45, 2.75) is 26.5 Å². The van der Waals surface area contributed by atoms with Crippen molar-refractivity contribution >= 4 is 16.9 Å². The van der Waals surface area contributed by atoms with Crippen molar-refractivity contribution in [3.63, 3.8) is 0 Å². The Morgan fingerprint density at radius 3 is 2.84 bits per heavy atom. The van der Waals surface area contributed by atoms with E-state index in [1.165, 1.54) is 22.0 Å². The number of pyridine rings is 1. The topological polar surface area (TPSA) is 74.3 Å². The standard InChI is InChI=1S/C26H29N5O/c1-19-9-10-24-21(17-30-25(24)14-19)11-13-29-26(27-2)31-16-20-6-5-8-23(15-20)32-18-22-7-3-4-12-28-22/h3-10,12,14-15,17,30H,11,13,16,18H2,1-2H3,(H2,27,29,31). The lowest BCUT2D eigenvalue weighted by Gasteiger charge is -2.13. The highest BCUT2D eigenvalue weighted by Gasteiger charge is 2.05. The van der Waals surface area contributed by atoms with E-state index >= 15 is 0 Å². The number of aliphatic imine (C=N–C) groups is 1. The summed E-state index contributed by atoms with van der Waals surface area (Å²) in [6.07, 6.45) is 4.79. The first-order chi connectivity index (χ1) is 15.7. The summed E-state index contributed by atoms with van der Waals surface area (Å²) in [4.78, 5) is 12.0. The van der Waals surface area contributed by atoms with Crippen LogP contribution in [0.2, 0.25) is 0 Å². The second kappa shape index (κ2) is 10.5. The first kappa shape index (κ1) is 21.4. The van der Waals surface area contributed by atoms with E-state index in [1.54, 1.807) is 13.2 Å². The summed E-state index contributed by atoms with van der Waals surface area (Å²) in [5.41, 5.74) is 5.79. The third-order valence-corrected chi connectivity index (χ3v) is 5.30. The molecule has 0 bridgehead atoms. The summed E-state index contributed by atoms with van der Waals surface area (Å²) in [5, 5.41) is 8.06. The smallest absolute Gasteiger partial charge is 0.191 e. The molecule has 0 atom stereocenters. The summed E-state index contributed by atoms with van der Waals surface area (Å²) < 4.78 is 5.88. The van der Waals surface area contributed by atoms with Crippen LogP contribution in [0.1, 0.15) is 22.4 Å². The van der Waals surface area contributed by atoms with Crippen LogP contribution in [0.5, 0.6) is 5.75 Å². The average Bonchev–Trinajstić information content (AvgIpc) is 3.22. The van der Waals surface area contributed by atoms with Crippen molar-refractivity contribution in [3.05, 3.63) is 95.4 Å². The fraction of sp³-hybridized carbons (Fsp3) is 0.231. The number of fused-ring (bicyclic) bond motifs is 1. The van der Waals surface area contributed by atoms with Gasteiger partial charge < -0.3 is 20.4 Å². The fourth-order valence-corrected chi connectivity index (χ4v) is 3.61. The van der Waals surface area contributed by atoms with Crippen LogP contribution in [0.25, 0.3) is 10.9 Å². The minimum Gasteiger partial charge on any atom is -0.487 e. The van der Waals surface area contributed by atoms with Crippen molar-refractivity contribution in [1.29, 1.82) is 0 Å². The highest BCUT2D eigenvalue weighted by molar-refractivity contribution is 5.84. The summed E-state index contributed by atoms with van der Waals surface area (Å²) in [5.74, 6) is 1.60. The maximum absolute atomic E-state index is 5.88. The Morgan fingerprint density at radius 1 is 1.06 bits per heavy atom. The molecule has 2 heterocycles. The molecule has 4 rings (SSSR count). The monoisotopic (exact) mass is 427 g/mol. The van der Waals surface area contributed by atoms with E-state index in [0.717, 1.165) is 35.9 Å². The normalized spacial score (nSPS) is 11.5. The van der Waals surface area contributed by atoms with Gasteiger partial charge in [0, 0.05) is 43.4 Å². The van der Waals surface area contributed by atoms with Crippen molar-refractivity contribution < 1.29 is 4.74 Å². The quantitative estimate of drug-likeness (QED) is 0.289. The molecule has 0 unspecified atom stereocenters. The molecule has 0 aliphatic rings. The molecule has 2 aromatic carbocycles. The molecule has 0 fully saturated rings. The number of H-pyrrole nitrogens is 1. The Bertz CT molecular complexity index is 1180. The number of aromatic amines is 1. The Hall–Kier alpha value is -3.80. The van der Waals surface area contributed by atoms with Gasteiger partial charge in [0.25, 0.3) is 0 Å². The van der Waals surface area contributed by atoms with E-state index in [2.05, 4.69) is 63.0 Å². The van der Waals surface area contributed by atoms with E-state index < -0.39 is 0 Å². The molecule has 0 amide bonds. The lowest BCUT2D eigenvalue weighted by molar-refractivity contribution is 0.301. The first-order valence-corrected chi connectivity index (χ1v) is 10.8. The molecule has 3 N–H and O–H groups in total. The van der Waals surface area contributed by atoms with Gasteiger partial charge in [-0.3, -0.25) is 9.98 Å². The highest BCUT2D eigenvalue weighted by atomic mass is 16.5. The van der Waals surface area contributed by atoms with E-state index in [4.69, 9.17) is 4.74 Å². The van der Waals surface area contributed by atoms with Crippen molar-refractivity contribution in [2.24, 2.45) is 4.99 Å². The van der Waals surface area contributed by atoms with Gasteiger partial charge in [0.05, 0.1) is 5.69 Å². The van der Waals surface area contributed by atoms with Crippen LogP contribution in [0, 0.1) is 6.92 Å². The molecule has 4 aromatic rings. The van der Waals surface area contributed by atoms with E-state index in [9.17, 15) is 0 Å². The van der Waals surface area contributed by atoms with Crippen LogP contribution in [0.3, 0.4) is 0 Å². The Labute approximate surface area is 188 Å². The van der Waals surface area contributed by atoms with E-state index in [1.807, 2.05) is 36.4 Å². The predicted octanol–water partition coefficient (Wildman–Crippen LogP) is 4.36. The van der Waals surface area contributed by atoms with Crippen LogP contribution in [0.4, 0.5) is 0 Å². The van der Waals surface area contributed by atoms with Crippen LogP contribution in [-0.2, 0) is 19.6 Å². The number of nitrogens with zero attached hydrogens (tertiary/aromatic N) is 2. The van der Waals surface area contributed by atoms with Crippen LogP contribution >= 0.6 is 0 Å². The van der Waals surface area contributed by atoms with Gasteiger partial charge in [-0.25, -0.2) is 0 Å². The molecule has 32 heavy (non-hydrogen) atoms. The van der Waals surface area contributed by atoms with Gasteiger partial charge in [-0.2, -0.15) is 0 Å². The molecule has 164 valence electrons. The lowest BCUT2D eigenvalue weighted by Crippen LogP contribution is -2.37. The SMILES string of the molecule is CN=C(NCCc1c[nH]c2cc(C)ccc12)NCc1cccc(OCc2ccccn2)c1. The van der Waals surface area contributed by atoms with E-state index in [-0.39, 0.29) is 0 Å². The second-order valence-corrected chi connectivity index (χ2v) is 7.72. The molecule has 0 spiro atoms. The van der Waals surface area contributed by atoms with Crippen molar-refractivity contribution in [3.8, 4) is 5.75 Å². The number of hydrogen-bond donors (Lipinski definition) is 3. The largest absolute Gasteiger partial charge is 0.487 e. The van der Waals surface area contributed by atoms with Crippen molar-refractivity contribution in [1.82, 2.24) is 20.6 Å². The van der Waals surface area contributed by atoms with Gasteiger partial charge in [-0.1, -0.05) is 30.3 Å². The Morgan fingerprint density at radius 2 is 2.00 bits per heavy atom. The average molecular weight is 428 g/mol. The molecule has 0 radical (unpaired) electrons. The number of ether oxygens (including phenoxy) is 1. The maximum Gasteiger partial charge on any atom is 0.191 e. The zero-order chi connectivity index (χ0) is 22.2. The zero-order valence-electron chi connectivity index (χ0n) is 18.6.